The lowest BCUT2D eigenvalue weighted by Gasteiger charge is -2.16. The van der Waals surface area contributed by atoms with Crippen LogP contribution in [0.1, 0.15) is 18.9 Å². The van der Waals surface area contributed by atoms with E-state index >= 15 is 0 Å². The first-order valence-corrected chi connectivity index (χ1v) is 5.22. The highest BCUT2D eigenvalue weighted by molar-refractivity contribution is 6.30. The molecule has 1 rings (SSSR count). The number of aliphatic hydroxyl groups is 2. The Hall–Kier alpha value is -0.640. The van der Waals surface area contributed by atoms with Gasteiger partial charge < -0.3 is 10.2 Å². The maximum atomic E-state index is 12.8. The molecule has 0 bridgehead atoms. The molecule has 0 radical (unpaired) electrons. The summed E-state index contributed by atoms with van der Waals surface area (Å²) in [6.45, 7) is 1.78. The van der Waals surface area contributed by atoms with Gasteiger partial charge in [-0.15, -0.1) is 0 Å². The summed E-state index contributed by atoms with van der Waals surface area (Å²) in [5, 5.41) is 18.9. The second-order valence-electron chi connectivity index (χ2n) is 3.50. The van der Waals surface area contributed by atoms with E-state index in [1.165, 1.54) is 12.1 Å². The third-order valence-corrected chi connectivity index (χ3v) is 2.58. The summed E-state index contributed by atoms with van der Waals surface area (Å²) in [6.07, 6.45) is -0.837. The van der Waals surface area contributed by atoms with Crippen LogP contribution in [0.3, 0.4) is 0 Å². The first-order chi connectivity index (χ1) is 7.04. The second kappa shape index (κ2) is 5.45. The van der Waals surface area contributed by atoms with Crippen LogP contribution in [0, 0.1) is 5.82 Å². The predicted molar refractivity (Wildman–Crippen MR) is 57.4 cm³/mol. The Kier molecular flexibility index (Phi) is 4.51. The van der Waals surface area contributed by atoms with Crippen LogP contribution >= 0.6 is 11.6 Å². The van der Waals surface area contributed by atoms with Gasteiger partial charge in [-0.3, -0.25) is 0 Å². The highest BCUT2D eigenvalue weighted by atomic mass is 35.5. The molecule has 0 aliphatic carbocycles. The summed E-state index contributed by atoms with van der Waals surface area (Å²) >= 11 is 5.59. The minimum Gasteiger partial charge on any atom is -0.390 e. The highest BCUT2D eigenvalue weighted by Crippen LogP contribution is 2.17. The molecule has 2 nitrogen and oxygen atoms in total. The van der Waals surface area contributed by atoms with Crippen LogP contribution in [0.4, 0.5) is 4.39 Å². The first kappa shape index (κ1) is 12.4. The Morgan fingerprint density at radius 2 is 2.00 bits per heavy atom. The van der Waals surface area contributed by atoms with Crippen LogP contribution in [0.2, 0.25) is 5.02 Å². The summed E-state index contributed by atoms with van der Waals surface area (Å²) in [5.74, 6) is -0.481. The molecule has 0 fully saturated rings. The molecule has 84 valence electrons. The fourth-order valence-electron chi connectivity index (χ4n) is 1.32. The molecule has 1 aromatic rings. The Morgan fingerprint density at radius 1 is 1.33 bits per heavy atom. The SMILES string of the molecule is CCC(O)C(O)Cc1ccc(F)c(Cl)c1. The topological polar surface area (TPSA) is 40.5 Å². The smallest absolute Gasteiger partial charge is 0.141 e. The van der Waals surface area contributed by atoms with Crippen molar-refractivity contribution >= 4 is 11.6 Å². The molecule has 0 aliphatic rings. The van der Waals surface area contributed by atoms with Crippen molar-refractivity contribution in [1.29, 1.82) is 0 Å². The summed E-state index contributed by atoms with van der Waals surface area (Å²) in [5.41, 5.74) is 0.710. The fourth-order valence-corrected chi connectivity index (χ4v) is 1.52. The summed E-state index contributed by atoms with van der Waals surface area (Å²) in [4.78, 5) is 0. The molecule has 0 saturated carbocycles. The lowest BCUT2D eigenvalue weighted by Crippen LogP contribution is -2.27. The van der Waals surface area contributed by atoms with Gasteiger partial charge in [0.25, 0.3) is 0 Å². The van der Waals surface area contributed by atoms with Crippen LogP contribution in [0.5, 0.6) is 0 Å². The number of benzene rings is 1. The minimum atomic E-state index is -0.837. The lowest BCUT2D eigenvalue weighted by atomic mass is 10.0. The molecule has 0 amide bonds. The van der Waals surface area contributed by atoms with Gasteiger partial charge in [-0.05, 0) is 24.1 Å². The van der Waals surface area contributed by atoms with Crippen LogP contribution in [0.25, 0.3) is 0 Å². The van der Waals surface area contributed by atoms with Gasteiger partial charge in [-0.1, -0.05) is 24.6 Å². The van der Waals surface area contributed by atoms with Gasteiger partial charge in [0, 0.05) is 6.42 Å². The summed E-state index contributed by atoms with van der Waals surface area (Å²) < 4.78 is 12.8. The molecule has 2 N–H and O–H groups in total. The minimum absolute atomic E-state index is 0.0330. The summed E-state index contributed by atoms with van der Waals surface area (Å²) in [6, 6.07) is 4.26. The number of halogens is 2. The maximum Gasteiger partial charge on any atom is 0.141 e. The molecule has 15 heavy (non-hydrogen) atoms. The van der Waals surface area contributed by atoms with Gasteiger partial charge in [-0.2, -0.15) is 0 Å². The van der Waals surface area contributed by atoms with Gasteiger partial charge >= 0.3 is 0 Å². The van der Waals surface area contributed by atoms with Crippen molar-refractivity contribution in [2.45, 2.75) is 32.0 Å². The zero-order valence-electron chi connectivity index (χ0n) is 8.45. The molecule has 0 aromatic heterocycles. The molecule has 2 unspecified atom stereocenters. The molecular weight excluding hydrogens is 219 g/mol. The van der Waals surface area contributed by atoms with E-state index in [0.717, 1.165) is 0 Å². The second-order valence-corrected chi connectivity index (χ2v) is 3.90. The Bertz CT molecular complexity index is 330. The van der Waals surface area contributed by atoms with Gasteiger partial charge in [-0.25, -0.2) is 4.39 Å². The molecule has 0 aliphatic heterocycles. The zero-order valence-corrected chi connectivity index (χ0v) is 9.21. The normalized spacial score (nSPS) is 15.0. The van der Waals surface area contributed by atoms with Crippen molar-refractivity contribution in [2.75, 3.05) is 0 Å². The van der Waals surface area contributed by atoms with E-state index < -0.39 is 18.0 Å². The van der Waals surface area contributed by atoms with Crippen molar-refractivity contribution in [1.82, 2.24) is 0 Å². The predicted octanol–water partition coefficient (Wildman–Crippen LogP) is 2.15. The molecule has 4 heteroatoms. The van der Waals surface area contributed by atoms with Crippen molar-refractivity contribution in [3.8, 4) is 0 Å². The third kappa shape index (κ3) is 3.45. The van der Waals surface area contributed by atoms with E-state index in [0.29, 0.717) is 12.0 Å². The number of hydrogen-bond donors (Lipinski definition) is 2. The third-order valence-electron chi connectivity index (χ3n) is 2.29. The van der Waals surface area contributed by atoms with E-state index in [2.05, 4.69) is 0 Å². The van der Waals surface area contributed by atoms with Crippen molar-refractivity contribution in [3.63, 3.8) is 0 Å². The van der Waals surface area contributed by atoms with Gasteiger partial charge in [0.05, 0.1) is 17.2 Å². The van der Waals surface area contributed by atoms with Gasteiger partial charge in [0.1, 0.15) is 5.82 Å². The van der Waals surface area contributed by atoms with E-state index in [1.807, 2.05) is 0 Å². The Labute approximate surface area is 93.3 Å². The Balaban J connectivity index is 2.68. The molecule has 0 spiro atoms. The average molecular weight is 233 g/mol. The highest BCUT2D eigenvalue weighted by Gasteiger charge is 2.15. The van der Waals surface area contributed by atoms with Crippen LogP contribution in [-0.2, 0) is 6.42 Å². The van der Waals surface area contributed by atoms with Crippen molar-refractivity contribution < 1.29 is 14.6 Å². The van der Waals surface area contributed by atoms with Crippen molar-refractivity contribution in [3.05, 3.63) is 34.6 Å². The van der Waals surface area contributed by atoms with Crippen molar-refractivity contribution in [2.24, 2.45) is 0 Å². The van der Waals surface area contributed by atoms with E-state index in [-0.39, 0.29) is 11.4 Å². The molecule has 1 aromatic carbocycles. The van der Waals surface area contributed by atoms with E-state index in [1.54, 1.807) is 13.0 Å². The van der Waals surface area contributed by atoms with Crippen LogP contribution in [0.15, 0.2) is 18.2 Å². The number of aliphatic hydroxyl groups excluding tert-OH is 2. The standard InChI is InChI=1S/C11H14ClFO2/c1-2-10(14)11(15)6-7-3-4-9(13)8(12)5-7/h3-5,10-11,14-15H,2,6H2,1H3. The number of rotatable bonds is 4. The van der Waals surface area contributed by atoms with E-state index in [4.69, 9.17) is 11.6 Å². The molecule has 0 saturated heterocycles. The zero-order chi connectivity index (χ0) is 11.4. The van der Waals surface area contributed by atoms with Crippen LogP contribution in [-0.4, -0.2) is 22.4 Å². The monoisotopic (exact) mass is 232 g/mol. The fraction of sp³-hybridized carbons (Fsp3) is 0.455. The maximum absolute atomic E-state index is 12.8. The first-order valence-electron chi connectivity index (χ1n) is 4.84. The molecular formula is C11H14ClFO2. The lowest BCUT2D eigenvalue weighted by molar-refractivity contribution is 0.0181. The molecule has 0 heterocycles. The quantitative estimate of drug-likeness (QED) is 0.835. The largest absolute Gasteiger partial charge is 0.390 e. The van der Waals surface area contributed by atoms with E-state index in [9.17, 15) is 14.6 Å². The Morgan fingerprint density at radius 3 is 2.53 bits per heavy atom. The van der Waals surface area contributed by atoms with Gasteiger partial charge in [0.15, 0.2) is 0 Å². The van der Waals surface area contributed by atoms with Gasteiger partial charge in [0.2, 0.25) is 0 Å². The molecule has 2 atom stereocenters. The summed E-state index contributed by atoms with van der Waals surface area (Å²) in [7, 11) is 0. The van der Waals surface area contributed by atoms with Crippen LogP contribution < -0.4 is 0 Å². The number of hydrogen-bond acceptors (Lipinski definition) is 2. The average Bonchev–Trinajstić information content (AvgIpc) is 2.22.